The Hall–Kier alpha value is -3.20. The number of nitrogens with zero attached hydrogens (tertiary/aromatic N) is 2. The van der Waals surface area contributed by atoms with E-state index in [1.807, 2.05) is 12.4 Å². The molecule has 3 nitrogen and oxygen atoms in total. The van der Waals surface area contributed by atoms with Crippen LogP contribution in [0.1, 0.15) is 96.1 Å². The molecule has 1 aromatic rings. The third-order valence-corrected chi connectivity index (χ3v) is 8.16. The van der Waals surface area contributed by atoms with Gasteiger partial charge in [0.25, 0.3) is 0 Å². The van der Waals surface area contributed by atoms with Crippen LogP contribution in [-0.4, -0.2) is 30.0 Å². The monoisotopic (exact) mass is 522 g/mol. The summed E-state index contributed by atoms with van der Waals surface area (Å²) in [5, 5.41) is 0. The van der Waals surface area contributed by atoms with Crippen LogP contribution in [0, 0.1) is 5.92 Å². The lowest BCUT2D eigenvalue weighted by molar-refractivity contribution is -0.113. The van der Waals surface area contributed by atoms with Gasteiger partial charge in [-0.25, -0.2) is 0 Å². The van der Waals surface area contributed by atoms with Gasteiger partial charge in [-0.05, 0) is 91.4 Å². The Kier molecular flexibility index (Phi) is 10.9. The van der Waals surface area contributed by atoms with Crippen molar-refractivity contribution < 1.29 is 4.79 Å². The van der Waals surface area contributed by atoms with Crippen LogP contribution in [0.3, 0.4) is 0 Å². The molecule has 0 unspecified atom stereocenters. The molecule has 0 bridgehead atoms. The summed E-state index contributed by atoms with van der Waals surface area (Å²) in [4.78, 5) is 18.9. The maximum Gasteiger partial charge on any atom is 0.155 e. The molecule has 0 radical (unpaired) electrons. The van der Waals surface area contributed by atoms with E-state index in [2.05, 4.69) is 84.5 Å². The van der Waals surface area contributed by atoms with E-state index in [1.54, 1.807) is 6.92 Å². The fraction of sp³-hybridized carbons (Fsp3) is 0.444. The molecule has 3 aliphatic rings. The summed E-state index contributed by atoms with van der Waals surface area (Å²) in [6.45, 7) is 8.16. The maximum absolute atomic E-state index is 11.9. The minimum Gasteiger partial charge on any atom is -0.371 e. The van der Waals surface area contributed by atoms with Crippen molar-refractivity contribution in [3.8, 4) is 0 Å². The lowest BCUT2D eigenvalue weighted by atomic mass is 9.88. The molecule has 1 aromatic carbocycles. The van der Waals surface area contributed by atoms with Crippen molar-refractivity contribution in [2.75, 3.05) is 13.1 Å². The molecule has 206 valence electrons. The Morgan fingerprint density at radius 2 is 1.85 bits per heavy atom. The zero-order valence-electron chi connectivity index (χ0n) is 24.3. The van der Waals surface area contributed by atoms with Crippen molar-refractivity contribution in [1.82, 2.24) is 4.90 Å². The first-order chi connectivity index (χ1) is 19.1. The van der Waals surface area contributed by atoms with Gasteiger partial charge in [-0.15, -0.1) is 0 Å². The number of fused-ring (bicyclic) bond motifs is 1. The lowest BCUT2D eigenvalue weighted by Gasteiger charge is -2.31. The second kappa shape index (κ2) is 14.8. The first kappa shape index (κ1) is 28.8. The molecule has 2 aliphatic heterocycles. The molecule has 3 heteroatoms. The number of rotatable bonds is 11. The van der Waals surface area contributed by atoms with Crippen LogP contribution < -0.4 is 0 Å². The van der Waals surface area contributed by atoms with E-state index in [4.69, 9.17) is 0 Å². The van der Waals surface area contributed by atoms with E-state index in [-0.39, 0.29) is 5.78 Å². The van der Waals surface area contributed by atoms with Crippen molar-refractivity contribution in [3.05, 3.63) is 94.4 Å². The van der Waals surface area contributed by atoms with Crippen LogP contribution >= 0.6 is 0 Å². The molecule has 0 saturated carbocycles. The number of ketones is 1. The predicted octanol–water partition coefficient (Wildman–Crippen LogP) is 9.26. The highest BCUT2D eigenvalue weighted by molar-refractivity contribution is 5.93. The highest BCUT2D eigenvalue weighted by Gasteiger charge is 2.22. The Balaban J connectivity index is 1.44. The largest absolute Gasteiger partial charge is 0.371 e. The molecule has 1 aliphatic carbocycles. The first-order valence-corrected chi connectivity index (χ1v) is 15.2. The standard InChI is InChI=1S/C36H46N2O/c1-4-10-29(11-5-2)12-6-7-13-30-16-18-32(19-17-30)33-20-21-34-27-37-23-22-36(35(34)26-33)38-24-8-14-31(28(3)39)15-9-25-38/h7,13-14,16-20,22-23,26-27,29H,4-6,8-12,15,21,24-25H2,1-3H3/b13-7+,31-14-. The van der Waals surface area contributed by atoms with Gasteiger partial charge in [0.05, 0.1) is 0 Å². The Morgan fingerprint density at radius 1 is 1.05 bits per heavy atom. The van der Waals surface area contributed by atoms with Gasteiger partial charge < -0.3 is 4.90 Å². The summed E-state index contributed by atoms with van der Waals surface area (Å²) in [5.74, 6) is 1.09. The first-order valence-electron chi connectivity index (χ1n) is 15.2. The van der Waals surface area contributed by atoms with Gasteiger partial charge in [0.15, 0.2) is 5.78 Å². The number of Topliss-reactive ketones (excluding diaryl/α,β-unsaturated/α-hetero) is 1. The summed E-state index contributed by atoms with van der Waals surface area (Å²) in [6.07, 6.45) is 28.9. The van der Waals surface area contributed by atoms with Crippen LogP contribution in [0.5, 0.6) is 0 Å². The van der Waals surface area contributed by atoms with Crippen molar-refractivity contribution in [2.24, 2.45) is 10.9 Å². The highest BCUT2D eigenvalue weighted by atomic mass is 16.1. The number of carbonyl (C=O) groups excluding carboxylic acids is 1. The zero-order valence-corrected chi connectivity index (χ0v) is 24.3. The third-order valence-electron chi connectivity index (χ3n) is 8.16. The van der Waals surface area contributed by atoms with E-state index in [9.17, 15) is 4.79 Å². The van der Waals surface area contributed by atoms with E-state index in [0.717, 1.165) is 56.7 Å². The number of aliphatic imine (C=N–C) groups is 1. The lowest BCUT2D eigenvalue weighted by Crippen LogP contribution is -2.28. The molecule has 0 fully saturated rings. The average molecular weight is 523 g/mol. The minimum atomic E-state index is 0.216. The van der Waals surface area contributed by atoms with Crippen molar-refractivity contribution >= 4 is 23.6 Å². The Morgan fingerprint density at radius 3 is 2.59 bits per heavy atom. The van der Waals surface area contributed by atoms with Gasteiger partial charge >= 0.3 is 0 Å². The molecule has 39 heavy (non-hydrogen) atoms. The van der Waals surface area contributed by atoms with E-state index < -0.39 is 0 Å². The topological polar surface area (TPSA) is 32.7 Å². The summed E-state index contributed by atoms with van der Waals surface area (Å²) in [7, 11) is 0. The van der Waals surface area contributed by atoms with Crippen LogP contribution in [-0.2, 0) is 4.79 Å². The second-order valence-electron chi connectivity index (χ2n) is 11.1. The highest BCUT2D eigenvalue weighted by Crippen LogP contribution is 2.36. The van der Waals surface area contributed by atoms with Gasteiger partial charge in [0.2, 0.25) is 0 Å². The molecule has 4 rings (SSSR count). The van der Waals surface area contributed by atoms with Crippen molar-refractivity contribution in [1.29, 1.82) is 0 Å². The summed E-state index contributed by atoms with van der Waals surface area (Å²) in [6, 6.07) is 9.01. The van der Waals surface area contributed by atoms with Crippen LogP contribution in [0.4, 0.5) is 0 Å². The molecular weight excluding hydrogens is 476 g/mol. The predicted molar refractivity (Wildman–Crippen MR) is 168 cm³/mol. The van der Waals surface area contributed by atoms with Crippen molar-refractivity contribution in [3.63, 3.8) is 0 Å². The molecule has 0 amide bonds. The van der Waals surface area contributed by atoms with Gasteiger partial charge in [-0.3, -0.25) is 9.79 Å². The zero-order chi connectivity index (χ0) is 27.5. The molecule has 2 heterocycles. The number of carbonyl (C=O) groups is 1. The van der Waals surface area contributed by atoms with E-state index in [1.165, 1.54) is 65.6 Å². The molecule has 0 atom stereocenters. The van der Waals surface area contributed by atoms with E-state index >= 15 is 0 Å². The quantitative estimate of drug-likeness (QED) is 0.290. The summed E-state index contributed by atoms with van der Waals surface area (Å²) >= 11 is 0. The SMILES string of the molecule is CCCC(CCC)CC/C=C/c1ccc(C2=CCC3=CN=CC=C(N4CC/C=C(\C(C)=O)CCC4)C3=C2)cc1. The van der Waals surface area contributed by atoms with Crippen LogP contribution in [0.2, 0.25) is 0 Å². The molecule has 0 N–H and O–H groups in total. The molecular formula is C36H46N2O. The van der Waals surface area contributed by atoms with Gasteiger partial charge in [-0.1, -0.05) is 88.1 Å². The maximum atomic E-state index is 11.9. The third kappa shape index (κ3) is 8.14. The second-order valence-corrected chi connectivity index (χ2v) is 11.1. The summed E-state index contributed by atoms with van der Waals surface area (Å²) < 4.78 is 0. The Bertz CT molecular complexity index is 1200. The fourth-order valence-electron chi connectivity index (χ4n) is 6.03. The van der Waals surface area contributed by atoms with Crippen LogP contribution in [0.25, 0.3) is 11.6 Å². The van der Waals surface area contributed by atoms with Crippen molar-refractivity contribution in [2.45, 2.75) is 85.0 Å². The fourth-order valence-corrected chi connectivity index (χ4v) is 6.03. The van der Waals surface area contributed by atoms with Gasteiger partial charge in [-0.2, -0.15) is 0 Å². The number of allylic oxidation sites excluding steroid dienone is 7. The normalized spacial score (nSPS) is 19.3. The number of hydrogen-bond donors (Lipinski definition) is 0. The van der Waals surface area contributed by atoms with Gasteiger partial charge in [0.1, 0.15) is 0 Å². The minimum absolute atomic E-state index is 0.216. The number of hydrogen-bond acceptors (Lipinski definition) is 3. The summed E-state index contributed by atoms with van der Waals surface area (Å²) in [5.41, 5.74) is 8.59. The van der Waals surface area contributed by atoms with Gasteiger partial charge in [0, 0.05) is 36.8 Å². The molecule has 0 aromatic heterocycles. The van der Waals surface area contributed by atoms with E-state index in [0.29, 0.717) is 0 Å². The smallest absolute Gasteiger partial charge is 0.155 e. The Labute approximate surface area is 236 Å². The molecule has 0 spiro atoms. The molecule has 0 saturated heterocycles. The average Bonchev–Trinajstić information content (AvgIpc) is 3.13. The van der Waals surface area contributed by atoms with Crippen LogP contribution in [0.15, 0.2) is 88.3 Å². The number of benzene rings is 1.